The Hall–Kier alpha value is -1.90. The Labute approximate surface area is 120 Å². The molecule has 0 heterocycles. The van der Waals surface area contributed by atoms with Crippen LogP contribution in [0, 0.1) is 5.92 Å². The van der Waals surface area contributed by atoms with Crippen LogP contribution in [0.3, 0.4) is 0 Å². The Morgan fingerprint density at radius 2 is 1.90 bits per heavy atom. The first-order valence-electron chi connectivity index (χ1n) is 6.97. The van der Waals surface area contributed by atoms with Crippen molar-refractivity contribution in [3.63, 3.8) is 0 Å². The molecule has 3 heteroatoms. The summed E-state index contributed by atoms with van der Waals surface area (Å²) in [6.45, 7) is 5.83. The molecule has 1 atom stereocenters. The minimum absolute atomic E-state index is 0.0886. The maximum atomic E-state index is 12.2. The first kappa shape index (κ1) is 14.5. The number of ketones is 1. The lowest BCUT2D eigenvalue weighted by Gasteiger charge is -2.36. The molecule has 106 valence electrons. The fraction of sp³-hybridized carbons (Fsp3) is 0.412. The minimum Gasteiger partial charge on any atom is -0.347 e. The lowest BCUT2D eigenvalue weighted by atomic mass is 9.77. The number of benzene rings is 1. The van der Waals surface area contributed by atoms with E-state index in [2.05, 4.69) is 5.32 Å². The summed E-state index contributed by atoms with van der Waals surface area (Å²) in [6, 6.07) is 9.16. The molecule has 20 heavy (non-hydrogen) atoms. The van der Waals surface area contributed by atoms with E-state index in [-0.39, 0.29) is 17.6 Å². The van der Waals surface area contributed by atoms with Gasteiger partial charge in [-0.15, -0.1) is 0 Å². The zero-order valence-corrected chi connectivity index (χ0v) is 12.3. The molecule has 1 aromatic rings. The number of nitrogens with one attached hydrogen (secondary N) is 1. The van der Waals surface area contributed by atoms with Crippen molar-refractivity contribution in [2.24, 2.45) is 5.92 Å². The predicted molar refractivity (Wildman–Crippen MR) is 79.5 cm³/mol. The quantitative estimate of drug-likeness (QED) is 0.918. The molecule has 0 saturated carbocycles. The Balaban J connectivity index is 2.08. The Morgan fingerprint density at radius 3 is 2.50 bits per heavy atom. The fourth-order valence-electron chi connectivity index (χ4n) is 2.51. The standard InChI is InChI=1S/C17H21NO2/c1-12-9-10-14(11-15(12)19)17(2,3)18-16(20)13-7-5-4-6-8-13/h4-9,14H,10-11H2,1-3H3,(H,18,20)/t14-/m0/s1. The van der Waals surface area contributed by atoms with Crippen molar-refractivity contribution < 1.29 is 9.59 Å². The molecule has 0 saturated heterocycles. The number of carbonyl (C=O) groups is 2. The normalized spacial score (nSPS) is 19.4. The second kappa shape index (κ2) is 5.61. The smallest absolute Gasteiger partial charge is 0.251 e. The van der Waals surface area contributed by atoms with Crippen molar-refractivity contribution in [1.29, 1.82) is 0 Å². The van der Waals surface area contributed by atoms with Gasteiger partial charge >= 0.3 is 0 Å². The third-order valence-electron chi connectivity index (χ3n) is 4.07. The van der Waals surface area contributed by atoms with E-state index in [4.69, 9.17) is 0 Å². The molecule has 0 spiro atoms. The van der Waals surface area contributed by atoms with Crippen LogP contribution in [0.15, 0.2) is 42.0 Å². The van der Waals surface area contributed by atoms with E-state index in [1.807, 2.05) is 45.0 Å². The van der Waals surface area contributed by atoms with Crippen LogP contribution in [0.4, 0.5) is 0 Å². The average molecular weight is 271 g/mol. The summed E-state index contributed by atoms with van der Waals surface area (Å²) < 4.78 is 0. The molecule has 3 nitrogen and oxygen atoms in total. The van der Waals surface area contributed by atoms with Crippen molar-refractivity contribution in [2.75, 3.05) is 0 Å². The first-order valence-corrected chi connectivity index (χ1v) is 6.97. The number of allylic oxidation sites excluding steroid dienone is 2. The molecule has 2 rings (SSSR count). The molecule has 0 aliphatic heterocycles. The number of carbonyl (C=O) groups excluding carboxylic acids is 2. The van der Waals surface area contributed by atoms with Crippen molar-refractivity contribution >= 4 is 11.7 Å². The van der Waals surface area contributed by atoms with Crippen molar-refractivity contribution in [2.45, 2.75) is 39.2 Å². The van der Waals surface area contributed by atoms with Gasteiger partial charge in [0.1, 0.15) is 0 Å². The molecular formula is C17H21NO2. The number of amides is 1. The van der Waals surface area contributed by atoms with Crippen molar-refractivity contribution in [3.05, 3.63) is 47.5 Å². The van der Waals surface area contributed by atoms with Crippen LogP contribution in [0.2, 0.25) is 0 Å². The second-order valence-corrected chi connectivity index (χ2v) is 5.99. The molecule has 0 unspecified atom stereocenters. The SMILES string of the molecule is CC1=CC[C@H](C(C)(C)NC(=O)c2ccccc2)CC1=O. The second-order valence-electron chi connectivity index (χ2n) is 5.99. The number of hydrogen-bond acceptors (Lipinski definition) is 2. The molecule has 0 bridgehead atoms. The average Bonchev–Trinajstić information content (AvgIpc) is 2.42. The van der Waals surface area contributed by atoms with E-state index in [1.54, 1.807) is 12.1 Å². The first-order chi connectivity index (χ1) is 9.40. The zero-order valence-electron chi connectivity index (χ0n) is 12.3. The highest BCUT2D eigenvalue weighted by molar-refractivity contribution is 5.96. The Morgan fingerprint density at radius 1 is 1.25 bits per heavy atom. The topological polar surface area (TPSA) is 46.2 Å². The van der Waals surface area contributed by atoms with Gasteiger partial charge in [-0.05, 0) is 50.8 Å². The largest absolute Gasteiger partial charge is 0.347 e. The fourth-order valence-corrected chi connectivity index (χ4v) is 2.51. The third kappa shape index (κ3) is 3.16. The van der Waals surface area contributed by atoms with Crippen LogP contribution in [0.25, 0.3) is 0 Å². The predicted octanol–water partition coefficient (Wildman–Crippen LogP) is 3.12. The summed E-state index contributed by atoms with van der Waals surface area (Å²) in [6.07, 6.45) is 3.32. The minimum atomic E-state index is -0.403. The van der Waals surface area contributed by atoms with Gasteiger partial charge in [-0.25, -0.2) is 0 Å². The van der Waals surface area contributed by atoms with E-state index in [0.717, 1.165) is 12.0 Å². The molecule has 1 aromatic carbocycles. The lowest BCUT2D eigenvalue weighted by Crippen LogP contribution is -2.50. The van der Waals surface area contributed by atoms with Gasteiger partial charge in [-0.2, -0.15) is 0 Å². The summed E-state index contributed by atoms with van der Waals surface area (Å²) in [5.41, 5.74) is 1.08. The molecule has 1 N–H and O–H groups in total. The van der Waals surface area contributed by atoms with Gasteiger partial charge in [0.05, 0.1) is 0 Å². The highest BCUT2D eigenvalue weighted by Crippen LogP contribution is 2.30. The molecular weight excluding hydrogens is 250 g/mol. The van der Waals surface area contributed by atoms with Gasteiger partial charge in [0.15, 0.2) is 5.78 Å². The summed E-state index contributed by atoms with van der Waals surface area (Å²) in [7, 11) is 0. The number of rotatable bonds is 3. The van der Waals surface area contributed by atoms with Gasteiger partial charge < -0.3 is 5.32 Å². The lowest BCUT2D eigenvalue weighted by molar-refractivity contribution is -0.117. The van der Waals surface area contributed by atoms with Gasteiger partial charge in [0, 0.05) is 17.5 Å². The van der Waals surface area contributed by atoms with Crippen LogP contribution in [0.1, 0.15) is 44.0 Å². The maximum Gasteiger partial charge on any atom is 0.251 e. The van der Waals surface area contributed by atoms with Crippen LogP contribution in [-0.2, 0) is 4.79 Å². The van der Waals surface area contributed by atoms with E-state index in [0.29, 0.717) is 12.0 Å². The summed E-state index contributed by atoms with van der Waals surface area (Å²) in [4.78, 5) is 24.1. The number of hydrogen-bond donors (Lipinski definition) is 1. The van der Waals surface area contributed by atoms with E-state index in [9.17, 15) is 9.59 Å². The highest BCUT2D eigenvalue weighted by Gasteiger charge is 2.34. The van der Waals surface area contributed by atoms with E-state index < -0.39 is 5.54 Å². The Bertz CT molecular complexity index is 543. The van der Waals surface area contributed by atoms with Gasteiger partial charge in [0.25, 0.3) is 5.91 Å². The van der Waals surface area contributed by atoms with E-state index >= 15 is 0 Å². The molecule has 1 aliphatic rings. The number of Topliss-reactive ketones (excluding diaryl/α,β-unsaturated/α-hetero) is 1. The molecule has 1 aliphatic carbocycles. The molecule has 1 amide bonds. The van der Waals surface area contributed by atoms with Crippen molar-refractivity contribution in [1.82, 2.24) is 5.32 Å². The molecule has 0 aromatic heterocycles. The summed E-state index contributed by atoms with van der Waals surface area (Å²) in [5.74, 6) is 0.240. The molecule has 0 radical (unpaired) electrons. The zero-order chi connectivity index (χ0) is 14.8. The van der Waals surface area contributed by atoms with Crippen LogP contribution < -0.4 is 5.32 Å². The molecule has 0 fully saturated rings. The summed E-state index contributed by atoms with van der Waals surface area (Å²) >= 11 is 0. The summed E-state index contributed by atoms with van der Waals surface area (Å²) in [5, 5.41) is 3.06. The van der Waals surface area contributed by atoms with Gasteiger partial charge in [0.2, 0.25) is 0 Å². The van der Waals surface area contributed by atoms with Crippen LogP contribution in [-0.4, -0.2) is 17.2 Å². The monoisotopic (exact) mass is 271 g/mol. The maximum absolute atomic E-state index is 12.2. The van der Waals surface area contributed by atoms with Gasteiger partial charge in [-0.3, -0.25) is 9.59 Å². The van der Waals surface area contributed by atoms with Crippen LogP contribution in [0.5, 0.6) is 0 Å². The van der Waals surface area contributed by atoms with E-state index in [1.165, 1.54) is 0 Å². The third-order valence-corrected chi connectivity index (χ3v) is 4.07. The van der Waals surface area contributed by atoms with Crippen molar-refractivity contribution in [3.8, 4) is 0 Å². The van der Waals surface area contributed by atoms with Crippen LogP contribution >= 0.6 is 0 Å². The van der Waals surface area contributed by atoms with Gasteiger partial charge in [-0.1, -0.05) is 24.3 Å². The highest BCUT2D eigenvalue weighted by atomic mass is 16.2. The Kier molecular flexibility index (Phi) is 4.07.